The first-order valence-electron chi connectivity index (χ1n) is 7.09. The minimum absolute atomic E-state index is 0.126. The van der Waals surface area contributed by atoms with Crippen LogP contribution in [0.1, 0.15) is 5.69 Å². The standard InChI is InChI=1S/C16H17AsN4OS/c1-10-14(23-15(17-2)19-10)13-7-8-18-16(21-13)20-11-5-4-6-12(9-11)22-3/h4-9,17H,1-3H3,(H,18,20,21). The van der Waals surface area contributed by atoms with Crippen LogP contribution in [0, 0.1) is 6.92 Å². The van der Waals surface area contributed by atoms with Gasteiger partial charge in [0.1, 0.15) is 0 Å². The number of nitrogens with one attached hydrogen (secondary N) is 1. The second kappa shape index (κ2) is 7.11. The molecule has 3 aromatic rings. The van der Waals surface area contributed by atoms with Crippen molar-refractivity contribution in [1.82, 2.24) is 15.0 Å². The molecule has 1 atom stereocenters. The molecule has 23 heavy (non-hydrogen) atoms. The van der Waals surface area contributed by atoms with Crippen LogP contribution in [0.2, 0.25) is 5.71 Å². The number of thiazole rings is 1. The van der Waals surface area contributed by atoms with Crippen molar-refractivity contribution in [2.75, 3.05) is 12.4 Å². The summed E-state index contributed by atoms with van der Waals surface area (Å²) in [6.07, 6.45) is 1.77. The van der Waals surface area contributed by atoms with Crippen molar-refractivity contribution in [2.45, 2.75) is 12.6 Å². The molecule has 0 aliphatic rings. The van der Waals surface area contributed by atoms with Crippen molar-refractivity contribution in [1.29, 1.82) is 0 Å². The van der Waals surface area contributed by atoms with Gasteiger partial charge in [-0.15, -0.1) is 0 Å². The van der Waals surface area contributed by atoms with Gasteiger partial charge in [0.25, 0.3) is 0 Å². The van der Waals surface area contributed by atoms with Crippen LogP contribution < -0.4 is 13.8 Å². The molecule has 7 heteroatoms. The Labute approximate surface area is 145 Å². The van der Waals surface area contributed by atoms with E-state index in [4.69, 9.17) is 4.74 Å². The van der Waals surface area contributed by atoms with E-state index < -0.39 is 0 Å². The molecule has 0 aliphatic carbocycles. The second-order valence-corrected chi connectivity index (χ2v) is 8.61. The normalized spacial score (nSPS) is 11.1. The van der Waals surface area contributed by atoms with E-state index in [0.717, 1.165) is 27.7 Å². The van der Waals surface area contributed by atoms with Crippen molar-refractivity contribution < 1.29 is 4.74 Å². The number of anilines is 2. The van der Waals surface area contributed by atoms with Gasteiger partial charge in [-0.25, -0.2) is 0 Å². The van der Waals surface area contributed by atoms with Crippen LogP contribution in [0.4, 0.5) is 11.6 Å². The molecule has 2 aromatic heterocycles. The summed E-state index contributed by atoms with van der Waals surface area (Å²) in [5.41, 5.74) is 5.08. The Hall–Kier alpha value is -1.91. The summed E-state index contributed by atoms with van der Waals surface area (Å²) in [6, 6.07) is 9.62. The SMILES string of the molecule is COc1cccc(Nc2nccc(-c3sc([AsH]C)nc3C)n2)c1. The zero-order valence-electron chi connectivity index (χ0n) is 13.1. The van der Waals surface area contributed by atoms with E-state index in [9.17, 15) is 0 Å². The van der Waals surface area contributed by atoms with Crippen LogP contribution in [-0.2, 0) is 0 Å². The van der Waals surface area contributed by atoms with Crippen molar-refractivity contribution in [2.24, 2.45) is 0 Å². The first-order chi connectivity index (χ1) is 11.2. The fourth-order valence-corrected chi connectivity index (χ4v) is 4.88. The van der Waals surface area contributed by atoms with Crippen molar-refractivity contribution in [3.8, 4) is 16.3 Å². The number of hydrogen-bond donors (Lipinski definition) is 1. The molecule has 3 rings (SSSR count). The van der Waals surface area contributed by atoms with Gasteiger partial charge < -0.3 is 0 Å². The number of ether oxygens (including phenoxy) is 1. The molecule has 2 heterocycles. The van der Waals surface area contributed by atoms with Crippen LogP contribution in [0.3, 0.4) is 0 Å². The predicted octanol–water partition coefficient (Wildman–Crippen LogP) is 2.77. The van der Waals surface area contributed by atoms with Gasteiger partial charge in [0.05, 0.1) is 0 Å². The van der Waals surface area contributed by atoms with E-state index in [1.54, 1.807) is 24.6 Å². The molecule has 0 bridgehead atoms. The van der Waals surface area contributed by atoms with Crippen LogP contribution in [0.15, 0.2) is 36.5 Å². The number of methoxy groups -OCH3 is 1. The van der Waals surface area contributed by atoms with Crippen LogP contribution >= 0.6 is 11.3 Å². The van der Waals surface area contributed by atoms with Crippen molar-refractivity contribution in [3.63, 3.8) is 0 Å². The van der Waals surface area contributed by atoms with Gasteiger partial charge in [-0.1, -0.05) is 0 Å². The van der Waals surface area contributed by atoms with E-state index in [0.29, 0.717) is 5.95 Å². The summed E-state index contributed by atoms with van der Waals surface area (Å²) in [7, 11) is 1.65. The molecule has 118 valence electrons. The maximum absolute atomic E-state index is 5.23. The van der Waals surface area contributed by atoms with Gasteiger partial charge in [0.2, 0.25) is 0 Å². The molecule has 5 nitrogen and oxygen atoms in total. The molecule has 0 aliphatic heterocycles. The minimum atomic E-state index is -0.126. The second-order valence-electron chi connectivity index (χ2n) is 4.81. The van der Waals surface area contributed by atoms with Gasteiger partial charge in [0.15, 0.2) is 0 Å². The Kier molecular flexibility index (Phi) is 4.93. The van der Waals surface area contributed by atoms with Crippen molar-refractivity contribution in [3.05, 3.63) is 42.2 Å². The number of aromatic nitrogens is 3. The fraction of sp³-hybridized carbons (Fsp3) is 0.188. The first-order valence-corrected chi connectivity index (χ1v) is 11.1. The van der Waals surface area contributed by atoms with Crippen LogP contribution in [0.25, 0.3) is 10.6 Å². The first kappa shape index (κ1) is 16.0. The average molecular weight is 388 g/mol. The third-order valence-electron chi connectivity index (χ3n) is 3.22. The molecule has 0 radical (unpaired) electrons. The van der Waals surface area contributed by atoms with Gasteiger partial charge in [-0.05, 0) is 0 Å². The van der Waals surface area contributed by atoms with E-state index in [1.165, 1.54) is 3.80 Å². The Bertz CT molecular complexity index is 821. The van der Waals surface area contributed by atoms with Gasteiger partial charge in [-0.3, -0.25) is 0 Å². The molecule has 1 unspecified atom stereocenters. The van der Waals surface area contributed by atoms with Gasteiger partial charge >= 0.3 is 146 Å². The Morgan fingerprint density at radius 2 is 2.09 bits per heavy atom. The summed E-state index contributed by atoms with van der Waals surface area (Å²) < 4.78 is 6.48. The molecular weight excluding hydrogens is 371 g/mol. The molecule has 0 saturated heterocycles. The summed E-state index contributed by atoms with van der Waals surface area (Å²) in [5, 5.41) is 3.22. The number of nitrogens with zero attached hydrogens (tertiary/aromatic N) is 3. The molecule has 1 aromatic carbocycles. The fourth-order valence-electron chi connectivity index (χ4n) is 2.12. The third kappa shape index (κ3) is 3.71. The number of benzene rings is 1. The molecule has 0 fully saturated rings. The summed E-state index contributed by atoms with van der Waals surface area (Å²) in [6.45, 7) is 2.04. The van der Waals surface area contributed by atoms with Crippen LogP contribution in [0.5, 0.6) is 5.75 Å². The maximum atomic E-state index is 5.23. The number of rotatable bonds is 5. The Morgan fingerprint density at radius 3 is 2.83 bits per heavy atom. The molecule has 0 amide bonds. The van der Waals surface area contributed by atoms with E-state index in [1.807, 2.05) is 37.3 Å². The predicted molar refractivity (Wildman–Crippen MR) is 96.8 cm³/mol. The number of hydrogen-bond acceptors (Lipinski definition) is 6. The third-order valence-corrected chi connectivity index (χ3v) is 7.05. The van der Waals surface area contributed by atoms with Crippen LogP contribution in [-0.4, -0.2) is 37.8 Å². The average Bonchev–Trinajstić information content (AvgIpc) is 2.96. The van der Waals surface area contributed by atoms with E-state index in [-0.39, 0.29) is 15.8 Å². The monoisotopic (exact) mass is 388 g/mol. The van der Waals surface area contributed by atoms with Gasteiger partial charge in [0, 0.05) is 0 Å². The molecular formula is C16H17AsN4OS. The topological polar surface area (TPSA) is 59.9 Å². The van der Waals surface area contributed by atoms with E-state index in [2.05, 4.69) is 26.0 Å². The van der Waals surface area contributed by atoms with Crippen molar-refractivity contribution >= 4 is 42.5 Å². The summed E-state index contributed by atoms with van der Waals surface area (Å²) in [5.74, 6) is 1.36. The zero-order chi connectivity index (χ0) is 16.2. The molecule has 0 saturated carbocycles. The summed E-state index contributed by atoms with van der Waals surface area (Å²) in [4.78, 5) is 14.7. The number of aryl methyl sites for hydroxylation is 1. The van der Waals surface area contributed by atoms with Gasteiger partial charge in [-0.2, -0.15) is 0 Å². The quantitative estimate of drug-likeness (QED) is 0.682. The van der Waals surface area contributed by atoms with E-state index >= 15 is 0 Å². The summed E-state index contributed by atoms with van der Waals surface area (Å²) >= 11 is 1.61. The molecule has 0 spiro atoms. The Morgan fingerprint density at radius 1 is 1.22 bits per heavy atom. The molecule has 1 N–H and O–H groups in total. The Balaban J connectivity index is 1.88. The zero-order valence-corrected chi connectivity index (χ0v) is 16.0.